The lowest BCUT2D eigenvalue weighted by Crippen LogP contribution is -2.13. The normalized spacial score (nSPS) is 9.87. The molecule has 2 aromatic rings. The molecule has 0 aromatic carbocycles. The molecule has 0 aliphatic carbocycles. The van der Waals surface area contributed by atoms with E-state index in [2.05, 4.69) is 15.3 Å². The number of nitrogen functional groups attached to an aromatic ring is 1. The molecule has 0 aliphatic rings. The quantitative estimate of drug-likeness (QED) is 0.801. The van der Waals surface area contributed by atoms with Crippen LogP contribution in [0, 0.1) is 0 Å². The molecule has 0 spiro atoms. The molecule has 0 unspecified atom stereocenters. The summed E-state index contributed by atoms with van der Waals surface area (Å²) in [6.45, 7) is 0. The van der Waals surface area contributed by atoms with Crippen molar-refractivity contribution < 1.29 is 4.79 Å². The third-order valence-corrected chi connectivity index (χ3v) is 2.37. The highest BCUT2D eigenvalue weighted by atomic mass is 32.1. The summed E-state index contributed by atoms with van der Waals surface area (Å²) in [7, 11) is 0. The Morgan fingerprint density at radius 3 is 2.87 bits per heavy atom. The smallest absolute Gasteiger partial charge is 0.275 e. The van der Waals surface area contributed by atoms with Crippen molar-refractivity contribution >= 4 is 28.7 Å². The van der Waals surface area contributed by atoms with Crippen LogP contribution in [0.15, 0.2) is 29.2 Å². The van der Waals surface area contributed by atoms with Crippen molar-refractivity contribution in [3.8, 4) is 0 Å². The number of nitrogens with one attached hydrogen (secondary N) is 1. The zero-order chi connectivity index (χ0) is 10.7. The molecule has 0 saturated carbocycles. The molecule has 0 saturated heterocycles. The van der Waals surface area contributed by atoms with E-state index in [1.54, 1.807) is 0 Å². The van der Waals surface area contributed by atoms with Crippen molar-refractivity contribution in [1.29, 1.82) is 0 Å². The minimum absolute atomic E-state index is 0.246. The molecule has 1 amide bonds. The van der Waals surface area contributed by atoms with Gasteiger partial charge in [-0.3, -0.25) is 4.79 Å². The number of anilines is 2. The number of hydrogen-bond donors (Lipinski definition) is 2. The summed E-state index contributed by atoms with van der Waals surface area (Å²) in [5.74, 6) is 0.00276. The van der Waals surface area contributed by atoms with Crippen LogP contribution >= 0.6 is 11.3 Å². The van der Waals surface area contributed by atoms with Crippen molar-refractivity contribution in [3.05, 3.63) is 34.9 Å². The number of carbonyl (C=O) groups excluding carboxylic acids is 1. The van der Waals surface area contributed by atoms with Crippen LogP contribution < -0.4 is 11.1 Å². The van der Waals surface area contributed by atoms with E-state index in [0.29, 0.717) is 5.82 Å². The summed E-state index contributed by atoms with van der Waals surface area (Å²) in [6, 6.07) is 1.81. The number of rotatable bonds is 2. The van der Waals surface area contributed by atoms with Crippen LogP contribution in [-0.4, -0.2) is 15.9 Å². The fourth-order valence-corrected chi connectivity index (χ4v) is 1.57. The first kappa shape index (κ1) is 9.60. The Balaban J connectivity index is 2.11. The number of amides is 1. The molecule has 0 fully saturated rings. The topological polar surface area (TPSA) is 80.9 Å². The number of aromatic nitrogens is 2. The van der Waals surface area contributed by atoms with Crippen LogP contribution in [0.3, 0.4) is 0 Å². The summed E-state index contributed by atoms with van der Waals surface area (Å²) in [5.41, 5.74) is 6.36. The van der Waals surface area contributed by atoms with Crippen LogP contribution in [0.4, 0.5) is 11.5 Å². The molecule has 15 heavy (non-hydrogen) atoms. The van der Waals surface area contributed by atoms with E-state index in [9.17, 15) is 4.79 Å². The van der Waals surface area contributed by atoms with Gasteiger partial charge in [-0.05, 0) is 11.4 Å². The highest BCUT2D eigenvalue weighted by Gasteiger charge is 2.07. The second kappa shape index (κ2) is 4.05. The maximum atomic E-state index is 11.6. The molecule has 0 radical (unpaired) electrons. The number of nitrogens with two attached hydrogens (primary N) is 1. The summed E-state index contributed by atoms with van der Waals surface area (Å²) < 4.78 is 0. The average Bonchev–Trinajstić information content (AvgIpc) is 2.71. The van der Waals surface area contributed by atoms with Crippen LogP contribution in [0.1, 0.15) is 10.5 Å². The van der Waals surface area contributed by atoms with Crippen LogP contribution in [0.5, 0.6) is 0 Å². The zero-order valence-electron chi connectivity index (χ0n) is 7.68. The van der Waals surface area contributed by atoms with Gasteiger partial charge in [0, 0.05) is 5.38 Å². The molecule has 2 aromatic heterocycles. The van der Waals surface area contributed by atoms with Gasteiger partial charge in [-0.25, -0.2) is 9.97 Å². The first-order chi connectivity index (χ1) is 7.25. The second-order valence-corrected chi connectivity index (χ2v) is 3.57. The van der Waals surface area contributed by atoms with Crippen molar-refractivity contribution in [2.24, 2.45) is 0 Å². The monoisotopic (exact) mass is 220 g/mol. The summed E-state index contributed by atoms with van der Waals surface area (Å²) in [4.78, 5) is 19.2. The molecular weight excluding hydrogens is 212 g/mol. The third kappa shape index (κ3) is 2.29. The van der Waals surface area contributed by atoms with Gasteiger partial charge in [-0.2, -0.15) is 11.3 Å². The van der Waals surface area contributed by atoms with Gasteiger partial charge in [0.1, 0.15) is 11.5 Å². The fourth-order valence-electron chi connectivity index (χ4n) is 0.986. The highest BCUT2D eigenvalue weighted by molar-refractivity contribution is 7.08. The lowest BCUT2D eigenvalue weighted by molar-refractivity contribution is 0.102. The lowest BCUT2D eigenvalue weighted by Gasteiger charge is -2.01. The molecule has 76 valence electrons. The molecule has 0 bridgehead atoms. The first-order valence-electron chi connectivity index (χ1n) is 4.17. The number of carbonyl (C=O) groups is 1. The SMILES string of the molecule is Nc1cnc(C(=O)Nc2ccsc2)cn1. The van der Waals surface area contributed by atoms with Gasteiger partial charge >= 0.3 is 0 Å². The van der Waals surface area contributed by atoms with Gasteiger partial charge in [0.15, 0.2) is 0 Å². The predicted octanol–water partition coefficient (Wildman–Crippen LogP) is 1.37. The molecule has 2 heterocycles. The van der Waals surface area contributed by atoms with Crippen molar-refractivity contribution in [2.45, 2.75) is 0 Å². The van der Waals surface area contributed by atoms with E-state index >= 15 is 0 Å². The van der Waals surface area contributed by atoms with E-state index in [1.807, 2.05) is 16.8 Å². The van der Waals surface area contributed by atoms with Crippen molar-refractivity contribution in [3.63, 3.8) is 0 Å². The lowest BCUT2D eigenvalue weighted by atomic mass is 10.4. The van der Waals surface area contributed by atoms with E-state index in [4.69, 9.17) is 5.73 Å². The predicted molar refractivity (Wildman–Crippen MR) is 58.7 cm³/mol. The number of thiophene rings is 1. The maximum Gasteiger partial charge on any atom is 0.275 e. The summed E-state index contributed by atoms with van der Waals surface area (Å²) >= 11 is 1.51. The number of nitrogens with zero attached hydrogens (tertiary/aromatic N) is 2. The second-order valence-electron chi connectivity index (χ2n) is 2.79. The van der Waals surface area contributed by atoms with Crippen LogP contribution in [0.25, 0.3) is 0 Å². The molecule has 2 rings (SSSR count). The van der Waals surface area contributed by atoms with Crippen LogP contribution in [-0.2, 0) is 0 Å². The van der Waals surface area contributed by atoms with Gasteiger partial charge in [-0.1, -0.05) is 0 Å². The molecule has 6 heteroatoms. The van der Waals surface area contributed by atoms with Crippen molar-refractivity contribution in [2.75, 3.05) is 11.1 Å². The van der Waals surface area contributed by atoms with Crippen molar-refractivity contribution in [1.82, 2.24) is 9.97 Å². The minimum atomic E-state index is -0.291. The minimum Gasteiger partial charge on any atom is -0.382 e. The first-order valence-corrected chi connectivity index (χ1v) is 5.11. The zero-order valence-corrected chi connectivity index (χ0v) is 8.49. The van der Waals surface area contributed by atoms with Gasteiger partial charge in [0.2, 0.25) is 0 Å². The maximum absolute atomic E-state index is 11.6. The fraction of sp³-hybridized carbons (Fsp3) is 0. The number of hydrogen-bond acceptors (Lipinski definition) is 5. The molecule has 0 atom stereocenters. The largest absolute Gasteiger partial charge is 0.382 e. The average molecular weight is 220 g/mol. The Bertz CT molecular complexity index is 451. The highest BCUT2D eigenvalue weighted by Crippen LogP contribution is 2.12. The van der Waals surface area contributed by atoms with E-state index in [1.165, 1.54) is 23.7 Å². The van der Waals surface area contributed by atoms with Gasteiger partial charge in [0.05, 0.1) is 18.1 Å². The molecule has 3 N–H and O–H groups in total. The molecule has 0 aliphatic heterocycles. The Morgan fingerprint density at radius 2 is 2.27 bits per heavy atom. The van der Waals surface area contributed by atoms with Gasteiger partial charge < -0.3 is 11.1 Å². The molecular formula is C9H8N4OS. The Labute approximate surface area is 90.0 Å². The standard InChI is InChI=1S/C9H8N4OS/c10-8-4-11-7(3-12-8)9(14)13-6-1-2-15-5-6/h1-5H,(H2,10,12)(H,13,14). The third-order valence-electron chi connectivity index (χ3n) is 1.68. The van der Waals surface area contributed by atoms with Gasteiger partial charge in [-0.15, -0.1) is 0 Å². The van der Waals surface area contributed by atoms with Crippen LogP contribution in [0.2, 0.25) is 0 Å². The Hall–Kier alpha value is -1.95. The van der Waals surface area contributed by atoms with E-state index < -0.39 is 0 Å². The Kier molecular flexibility index (Phi) is 2.59. The summed E-state index contributed by atoms with van der Waals surface area (Å²) in [6.07, 6.45) is 2.69. The van der Waals surface area contributed by atoms with E-state index in [0.717, 1.165) is 5.69 Å². The van der Waals surface area contributed by atoms with E-state index in [-0.39, 0.29) is 11.6 Å². The molecule has 5 nitrogen and oxygen atoms in total. The van der Waals surface area contributed by atoms with Gasteiger partial charge in [0.25, 0.3) is 5.91 Å². The Morgan fingerprint density at radius 1 is 1.40 bits per heavy atom. The summed E-state index contributed by atoms with van der Waals surface area (Å²) in [5, 5.41) is 6.40.